The number of methoxy groups -OCH3 is 2. The van der Waals surface area contributed by atoms with Crippen molar-refractivity contribution in [2.24, 2.45) is 7.05 Å². The van der Waals surface area contributed by atoms with Crippen molar-refractivity contribution in [2.45, 2.75) is 19.5 Å². The number of aromatic nitrogens is 4. The van der Waals surface area contributed by atoms with Gasteiger partial charge in [-0.2, -0.15) is 10.1 Å². The highest BCUT2D eigenvalue weighted by molar-refractivity contribution is 6.06. The Kier molecular flexibility index (Phi) is 9.65. The van der Waals surface area contributed by atoms with Crippen LogP contribution in [0.1, 0.15) is 24.1 Å². The topological polar surface area (TPSA) is 130 Å². The number of urea groups is 1. The van der Waals surface area contributed by atoms with Crippen LogP contribution in [0.15, 0.2) is 60.9 Å². The molecule has 13 nitrogen and oxygen atoms in total. The Morgan fingerprint density at radius 2 is 1.85 bits per heavy atom. The molecule has 0 fully saturated rings. The third kappa shape index (κ3) is 6.99. The lowest BCUT2D eigenvalue weighted by Crippen LogP contribution is -2.49. The van der Waals surface area contributed by atoms with Crippen LogP contribution in [-0.4, -0.2) is 71.4 Å². The first-order valence-electron chi connectivity index (χ1n) is 14.6. The largest absolute Gasteiger partial charge is 0.493 e. The van der Waals surface area contributed by atoms with Crippen molar-refractivity contribution in [2.75, 3.05) is 55.3 Å². The van der Waals surface area contributed by atoms with Gasteiger partial charge in [-0.3, -0.25) is 19.3 Å². The zero-order chi connectivity index (χ0) is 33.8. The molecule has 3 amide bonds. The maximum Gasteiger partial charge on any atom is 0.331 e. The summed E-state index contributed by atoms with van der Waals surface area (Å²) in [5.74, 6) is -2.20. The number of nitrogens with zero attached hydrogens (tertiary/aromatic N) is 7. The summed E-state index contributed by atoms with van der Waals surface area (Å²) in [4.78, 5) is 40.1. The fourth-order valence-corrected chi connectivity index (χ4v) is 5.05. The molecular weight excluding hydrogens is 612 g/mol. The molecular formula is C32H35F2N9O4. The quantitative estimate of drug-likeness (QED) is 0.216. The van der Waals surface area contributed by atoms with Crippen LogP contribution in [0.25, 0.3) is 0 Å². The average molecular weight is 648 g/mol. The molecule has 0 bridgehead atoms. The predicted octanol–water partition coefficient (Wildman–Crippen LogP) is 5.01. The molecule has 5 rings (SSSR count). The van der Waals surface area contributed by atoms with E-state index in [0.717, 1.165) is 11.0 Å². The molecule has 0 aliphatic carbocycles. The molecule has 2 aromatic heterocycles. The molecule has 0 saturated carbocycles. The number of carbonyl (C=O) groups excluding carboxylic acids is 2. The Hall–Kier alpha value is -5.57. The van der Waals surface area contributed by atoms with Crippen molar-refractivity contribution in [1.82, 2.24) is 24.6 Å². The maximum absolute atomic E-state index is 15.7. The minimum Gasteiger partial charge on any atom is -0.493 e. The first-order valence-corrected chi connectivity index (χ1v) is 14.6. The van der Waals surface area contributed by atoms with Crippen LogP contribution in [0.3, 0.4) is 0 Å². The lowest BCUT2D eigenvalue weighted by Gasteiger charge is -2.39. The molecule has 1 aliphatic rings. The molecule has 246 valence electrons. The smallest absolute Gasteiger partial charge is 0.331 e. The van der Waals surface area contributed by atoms with Gasteiger partial charge in [-0.15, -0.1) is 0 Å². The van der Waals surface area contributed by atoms with Crippen LogP contribution >= 0.6 is 0 Å². The molecule has 47 heavy (non-hydrogen) atoms. The summed E-state index contributed by atoms with van der Waals surface area (Å²) in [6.07, 6.45) is 6.40. The number of rotatable bonds is 11. The van der Waals surface area contributed by atoms with E-state index in [1.165, 1.54) is 31.4 Å². The van der Waals surface area contributed by atoms with Gasteiger partial charge in [-0.1, -0.05) is 18.2 Å². The number of halogens is 2. The number of amides is 3. The molecule has 15 heteroatoms. The number of likely N-dealkylation sites (N-methyl/N-ethyl adjacent to an activating group) is 1. The van der Waals surface area contributed by atoms with E-state index in [-0.39, 0.29) is 35.7 Å². The first-order chi connectivity index (χ1) is 22.5. The van der Waals surface area contributed by atoms with Gasteiger partial charge in [0.2, 0.25) is 11.9 Å². The maximum atomic E-state index is 15.7. The van der Waals surface area contributed by atoms with Crippen molar-refractivity contribution in [3.8, 4) is 11.5 Å². The van der Waals surface area contributed by atoms with Gasteiger partial charge in [0.15, 0.2) is 29.0 Å². The summed E-state index contributed by atoms with van der Waals surface area (Å²) in [5.41, 5.74) is 0.878. The van der Waals surface area contributed by atoms with Crippen LogP contribution < -0.4 is 29.9 Å². The monoisotopic (exact) mass is 647 g/mol. The summed E-state index contributed by atoms with van der Waals surface area (Å²) in [6.45, 7) is 2.09. The van der Waals surface area contributed by atoms with Gasteiger partial charge in [0.1, 0.15) is 11.5 Å². The molecule has 4 aromatic rings. The SMILES string of the molecule is COc1cc(OC)c(F)c(N2Cc3cnc(Nc4ccn(C)n4)nc3N(C(C)c3cccc(NC(=O)/C=C/CN(C)C)c3)C2=O)c1F. The van der Waals surface area contributed by atoms with Crippen molar-refractivity contribution >= 4 is 40.9 Å². The second kappa shape index (κ2) is 13.8. The molecule has 1 unspecified atom stereocenters. The van der Waals surface area contributed by atoms with Crippen molar-refractivity contribution in [1.29, 1.82) is 0 Å². The van der Waals surface area contributed by atoms with Gasteiger partial charge in [-0.05, 0) is 38.7 Å². The summed E-state index contributed by atoms with van der Waals surface area (Å²) < 4.78 is 43.3. The minimum absolute atomic E-state index is 0.159. The van der Waals surface area contributed by atoms with Crippen molar-refractivity contribution in [3.63, 3.8) is 0 Å². The lowest BCUT2D eigenvalue weighted by atomic mass is 10.0. The van der Waals surface area contributed by atoms with Gasteiger partial charge in [-0.25, -0.2) is 18.6 Å². The molecule has 0 spiro atoms. The van der Waals surface area contributed by atoms with E-state index < -0.39 is 29.4 Å². The number of hydrogen-bond acceptors (Lipinski definition) is 9. The number of fused-ring (bicyclic) bond motifs is 1. The zero-order valence-electron chi connectivity index (χ0n) is 26.8. The van der Waals surface area contributed by atoms with E-state index in [0.29, 0.717) is 29.2 Å². The summed E-state index contributed by atoms with van der Waals surface area (Å²) in [5, 5.41) is 10.1. The molecule has 0 saturated heterocycles. The second-order valence-corrected chi connectivity index (χ2v) is 11.0. The van der Waals surface area contributed by atoms with Gasteiger partial charge in [0.05, 0.1) is 26.8 Å². The van der Waals surface area contributed by atoms with Gasteiger partial charge < -0.3 is 25.0 Å². The number of nitrogens with one attached hydrogen (secondary N) is 2. The molecule has 1 atom stereocenters. The Labute approximate surface area is 270 Å². The lowest BCUT2D eigenvalue weighted by molar-refractivity contribution is -0.111. The highest BCUT2D eigenvalue weighted by Crippen LogP contribution is 2.42. The van der Waals surface area contributed by atoms with E-state index in [4.69, 9.17) is 9.47 Å². The number of hydrogen-bond donors (Lipinski definition) is 2. The third-order valence-corrected chi connectivity index (χ3v) is 7.37. The number of anilines is 5. The van der Waals surface area contributed by atoms with Crippen molar-refractivity contribution < 1.29 is 27.8 Å². The number of aryl methyl sites for hydroxylation is 1. The Morgan fingerprint density at radius 3 is 2.49 bits per heavy atom. The van der Waals surface area contributed by atoms with Gasteiger partial charge in [0, 0.05) is 55.4 Å². The highest BCUT2D eigenvalue weighted by atomic mass is 19.1. The predicted molar refractivity (Wildman–Crippen MR) is 173 cm³/mol. The number of ether oxygens (including phenoxy) is 2. The molecule has 0 radical (unpaired) electrons. The van der Waals surface area contributed by atoms with Gasteiger partial charge in [0.25, 0.3) is 0 Å². The average Bonchev–Trinajstić information content (AvgIpc) is 3.45. The van der Waals surface area contributed by atoms with Crippen LogP contribution in [0.4, 0.5) is 42.5 Å². The van der Waals surface area contributed by atoms with E-state index in [1.54, 1.807) is 61.3 Å². The summed E-state index contributed by atoms with van der Waals surface area (Å²) >= 11 is 0. The standard InChI is InChI=1S/C32H35F2N9O4/c1-19(20-9-7-10-22(15-20)36-26(44)11-8-13-40(2)3)43-30-21(17-35-31(38-30)37-25-12-14-41(4)39-25)18-42(32(43)45)29-27(33)23(46-5)16-24(47-6)28(29)34/h7-12,14-17,19H,13,18H2,1-6H3,(H,36,44)(H,35,37,38,39)/b11-8+. The Bertz CT molecular complexity index is 1800. The second-order valence-electron chi connectivity index (χ2n) is 11.0. The number of carbonyl (C=O) groups is 2. The summed E-state index contributed by atoms with van der Waals surface area (Å²) in [7, 11) is 8.01. The van der Waals surface area contributed by atoms with E-state index in [2.05, 4.69) is 25.7 Å². The third-order valence-electron chi connectivity index (χ3n) is 7.37. The van der Waals surface area contributed by atoms with Crippen LogP contribution in [0.5, 0.6) is 11.5 Å². The van der Waals surface area contributed by atoms with Crippen LogP contribution in [0.2, 0.25) is 0 Å². The fraction of sp³-hybridized carbons (Fsp3) is 0.281. The molecule has 3 heterocycles. The normalized spacial score (nSPS) is 13.6. The van der Waals surface area contributed by atoms with E-state index in [9.17, 15) is 9.59 Å². The number of benzene rings is 2. The summed E-state index contributed by atoms with van der Waals surface area (Å²) in [6, 6.07) is 8.26. The van der Waals surface area contributed by atoms with Crippen LogP contribution in [-0.2, 0) is 18.4 Å². The van der Waals surface area contributed by atoms with E-state index >= 15 is 8.78 Å². The molecule has 2 aromatic carbocycles. The Balaban J connectivity index is 1.56. The highest BCUT2D eigenvalue weighted by Gasteiger charge is 2.40. The Morgan fingerprint density at radius 1 is 1.13 bits per heavy atom. The zero-order valence-corrected chi connectivity index (χ0v) is 26.8. The minimum atomic E-state index is -1.07. The van der Waals surface area contributed by atoms with E-state index in [1.807, 2.05) is 19.0 Å². The molecule has 1 aliphatic heterocycles. The fourth-order valence-electron chi connectivity index (χ4n) is 5.05. The molecule has 2 N–H and O–H groups in total. The van der Waals surface area contributed by atoms with Gasteiger partial charge >= 0.3 is 6.03 Å². The van der Waals surface area contributed by atoms with Crippen molar-refractivity contribution in [3.05, 3.63) is 83.7 Å². The first kappa shape index (κ1) is 32.8. The van der Waals surface area contributed by atoms with Crippen LogP contribution in [0, 0.1) is 11.6 Å².